The van der Waals surface area contributed by atoms with Crippen LogP contribution in [0.15, 0.2) is 60.7 Å². The highest BCUT2D eigenvalue weighted by molar-refractivity contribution is 5.97. The number of amides is 5. The van der Waals surface area contributed by atoms with E-state index in [1.165, 1.54) is 0 Å². The Hall–Kier alpha value is -6.08. The number of hydrogen-bond acceptors (Lipinski definition) is 12. The summed E-state index contributed by atoms with van der Waals surface area (Å²) in [6.07, 6.45) is -6.25. The smallest absolute Gasteiger partial charge is 0.408 e. The Kier molecular flexibility index (Phi) is 16.5. The summed E-state index contributed by atoms with van der Waals surface area (Å²) in [5.74, 6) is -8.77. The first-order chi connectivity index (χ1) is 26.1. The van der Waals surface area contributed by atoms with Crippen molar-refractivity contribution in [2.75, 3.05) is 6.54 Å². The molecule has 1 aliphatic heterocycles. The number of benzene rings is 2. The van der Waals surface area contributed by atoms with Crippen molar-refractivity contribution in [3.63, 3.8) is 0 Å². The number of carbonyl (C=O) groups excluding carboxylic acids is 6. The molecule has 0 radical (unpaired) electrons. The number of carboxylic acid groups (broad SMARTS) is 2. The molecule has 1 aliphatic rings. The second-order valence-electron chi connectivity index (χ2n) is 12.7. The molecular formula is C36H45N5O14. The maximum absolute atomic E-state index is 13.5. The minimum Gasteiger partial charge on any atom is -0.481 e. The van der Waals surface area contributed by atoms with Gasteiger partial charge in [0.05, 0.1) is 6.10 Å². The van der Waals surface area contributed by atoms with Gasteiger partial charge >= 0.3 is 24.0 Å². The average molecular weight is 772 g/mol. The van der Waals surface area contributed by atoms with Crippen LogP contribution in [0.1, 0.15) is 51.2 Å². The monoisotopic (exact) mass is 771 g/mol. The lowest BCUT2D eigenvalue weighted by molar-refractivity contribution is -0.152. The van der Waals surface area contributed by atoms with Gasteiger partial charge in [-0.2, -0.15) is 0 Å². The molecule has 7 N–H and O–H groups in total. The minimum absolute atomic E-state index is 0.0982. The molecule has 19 heteroatoms. The van der Waals surface area contributed by atoms with Crippen molar-refractivity contribution < 1.29 is 67.9 Å². The number of aliphatic hydroxyl groups is 1. The number of esters is 1. The van der Waals surface area contributed by atoms with Crippen molar-refractivity contribution in [3.8, 4) is 0 Å². The topological polar surface area (TPSA) is 280 Å². The molecular weight excluding hydrogens is 726 g/mol. The van der Waals surface area contributed by atoms with Crippen LogP contribution in [0, 0.1) is 5.92 Å². The number of nitrogens with one attached hydrogen (secondary N) is 4. The van der Waals surface area contributed by atoms with E-state index in [4.69, 9.17) is 14.2 Å². The van der Waals surface area contributed by atoms with E-state index in [1.807, 2.05) is 5.43 Å². The van der Waals surface area contributed by atoms with Crippen LogP contribution >= 0.6 is 0 Å². The molecule has 2 aromatic rings. The van der Waals surface area contributed by atoms with E-state index in [0.29, 0.717) is 22.6 Å². The van der Waals surface area contributed by atoms with Gasteiger partial charge in [0, 0.05) is 6.42 Å². The Labute approximate surface area is 315 Å². The average Bonchev–Trinajstić information content (AvgIpc) is 3.96. The predicted octanol–water partition coefficient (Wildman–Crippen LogP) is -0.00210. The van der Waals surface area contributed by atoms with E-state index in [2.05, 4.69) is 16.0 Å². The van der Waals surface area contributed by atoms with Crippen LogP contribution in [0.4, 0.5) is 4.79 Å². The summed E-state index contributed by atoms with van der Waals surface area (Å²) < 4.78 is 15.5. The van der Waals surface area contributed by atoms with Crippen molar-refractivity contribution in [3.05, 3.63) is 71.8 Å². The molecule has 1 heterocycles. The lowest BCUT2D eigenvalue weighted by Gasteiger charge is -2.29. The molecule has 19 nitrogen and oxygen atoms in total. The third-order valence-electron chi connectivity index (χ3n) is 8.32. The number of nitrogens with zero attached hydrogens (tertiary/aromatic N) is 1. The molecule has 55 heavy (non-hydrogen) atoms. The Bertz CT molecular complexity index is 1680. The molecule has 0 aliphatic carbocycles. The van der Waals surface area contributed by atoms with E-state index in [-0.39, 0.29) is 13.2 Å². The number of aliphatic hydroxyl groups excluding tert-OH is 1. The Balaban J connectivity index is 1.68. The van der Waals surface area contributed by atoms with Gasteiger partial charge < -0.3 is 45.5 Å². The molecule has 1 fully saturated rings. The molecule has 0 spiro atoms. The molecule has 2 aromatic carbocycles. The number of carbonyl (C=O) groups is 8. The SMILES string of the molecule is CCC(C)C(NC(=O)OCc1ccccc1)C(=O)NC(CCC(=O)O)C(=O)NC(C(=O)NN(CC(=O)O)C(=O)[C@@H]1O[C@H]1C(=O)OCc1ccccc1)C(C)O. The van der Waals surface area contributed by atoms with Gasteiger partial charge in [-0.05, 0) is 30.4 Å². The van der Waals surface area contributed by atoms with E-state index in [0.717, 1.165) is 6.92 Å². The summed E-state index contributed by atoms with van der Waals surface area (Å²) in [4.78, 5) is 101. The summed E-state index contributed by atoms with van der Waals surface area (Å²) in [6, 6.07) is 12.6. The van der Waals surface area contributed by atoms with Gasteiger partial charge in [0.25, 0.3) is 11.8 Å². The molecule has 0 saturated carbocycles. The fourth-order valence-electron chi connectivity index (χ4n) is 5.01. The predicted molar refractivity (Wildman–Crippen MR) is 188 cm³/mol. The van der Waals surface area contributed by atoms with Crippen LogP contribution in [-0.2, 0) is 61.0 Å². The van der Waals surface area contributed by atoms with Crippen molar-refractivity contribution >= 4 is 47.6 Å². The molecule has 3 rings (SSSR count). The molecule has 0 aromatic heterocycles. The zero-order valence-corrected chi connectivity index (χ0v) is 30.3. The number of alkyl carbamates (subject to hydrolysis) is 1. The Morgan fingerprint density at radius 1 is 0.745 bits per heavy atom. The molecule has 7 atom stereocenters. The van der Waals surface area contributed by atoms with Gasteiger partial charge in [-0.15, -0.1) is 0 Å². The van der Waals surface area contributed by atoms with E-state index in [9.17, 15) is 53.7 Å². The maximum Gasteiger partial charge on any atom is 0.408 e. The standard InChI is InChI=1S/C36H45N5O14/c1-4-20(2)27(39-36(52)54-19-23-13-9-6-10-14-23)32(48)37-24(15-16-25(43)44)31(47)38-28(21(3)42)33(49)40-41(17-26(45)46)34(50)29-30(55-29)35(51)53-18-22-11-7-5-8-12-22/h5-14,20-21,24,27-30,42H,4,15-19H2,1-3H3,(H,37,48)(H,38,47)(H,39,52)(H,40,49)(H,43,44)(H,45,46)/t20?,21?,24?,27?,28?,29-,30-/m1/s1. The second-order valence-corrected chi connectivity index (χ2v) is 12.7. The number of hydrogen-bond donors (Lipinski definition) is 7. The van der Waals surface area contributed by atoms with Crippen LogP contribution in [0.3, 0.4) is 0 Å². The van der Waals surface area contributed by atoms with Crippen LogP contribution in [0.25, 0.3) is 0 Å². The van der Waals surface area contributed by atoms with Crippen molar-refractivity contribution in [2.45, 2.75) is 89.7 Å². The Morgan fingerprint density at radius 2 is 1.33 bits per heavy atom. The Morgan fingerprint density at radius 3 is 1.85 bits per heavy atom. The van der Waals surface area contributed by atoms with Gasteiger partial charge in [-0.1, -0.05) is 80.9 Å². The molecule has 298 valence electrons. The zero-order chi connectivity index (χ0) is 40.7. The van der Waals surface area contributed by atoms with Gasteiger partial charge in [-0.25, -0.2) is 14.6 Å². The zero-order valence-electron chi connectivity index (χ0n) is 30.3. The molecule has 5 unspecified atom stereocenters. The van der Waals surface area contributed by atoms with Crippen LogP contribution in [0.5, 0.6) is 0 Å². The number of carboxylic acids is 2. The summed E-state index contributed by atoms with van der Waals surface area (Å²) in [6.45, 7) is 3.13. The summed E-state index contributed by atoms with van der Waals surface area (Å²) >= 11 is 0. The van der Waals surface area contributed by atoms with Crippen molar-refractivity contribution in [1.82, 2.24) is 26.4 Å². The highest BCUT2D eigenvalue weighted by Crippen LogP contribution is 2.26. The molecule has 1 saturated heterocycles. The summed E-state index contributed by atoms with van der Waals surface area (Å²) in [5, 5.41) is 36.5. The van der Waals surface area contributed by atoms with Gasteiger partial charge in [0.1, 0.15) is 37.9 Å². The van der Waals surface area contributed by atoms with Gasteiger partial charge in [0.2, 0.25) is 11.8 Å². The highest BCUT2D eigenvalue weighted by atomic mass is 16.6. The van der Waals surface area contributed by atoms with Gasteiger partial charge in [-0.3, -0.25) is 34.2 Å². The lowest BCUT2D eigenvalue weighted by Crippen LogP contribution is -2.62. The first-order valence-electron chi connectivity index (χ1n) is 17.3. The largest absolute Gasteiger partial charge is 0.481 e. The quantitative estimate of drug-likeness (QED) is 0.0530. The second kappa shape index (κ2) is 21.0. The number of epoxide rings is 1. The normalized spacial score (nSPS) is 17.1. The summed E-state index contributed by atoms with van der Waals surface area (Å²) in [5.41, 5.74) is 3.34. The third kappa shape index (κ3) is 14.0. The lowest BCUT2D eigenvalue weighted by atomic mass is 9.97. The van der Waals surface area contributed by atoms with E-state index >= 15 is 0 Å². The number of ether oxygens (including phenoxy) is 3. The number of rotatable bonds is 20. The first kappa shape index (κ1) is 43.3. The van der Waals surface area contributed by atoms with Gasteiger partial charge in [0.15, 0.2) is 12.2 Å². The minimum atomic E-state index is -1.89. The maximum atomic E-state index is 13.5. The van der Waals surface area contributed by atoms with Crippen molar-refractivity contribution in [2.24, 2.45) is 5.92 Å². The van der Waals surface area contributed by atoms with Crippen molar-refractivity contribution in [1.29, 1.82) is 0 Å². The third-order valence-corrected chi connectivity index (χ3v) is 8.32. The molecule has 0 bridgehead atoms. The first-order valence-corrected chi connectivity index (χ1v) is 17.3. The van der Waals surface area contributed by atoms with E-state index in [1.54, 1.807) is 74.5 Å². The number of hydrazine groups is 1. The van der Waals surface area contributed by atoms with E-state index < -0.39 is 109 Å². The number of aliphatic carboxylic acids is 2. The fourth-order valence-corrected chi connectivity index (χ4v) is 5.01. The van der Waals surface area contributed by atoms with Crippen LogP contribution in [0.2, 0.25) is 0 Å². The molecule has 5 amide bonds. The van der Waals surface area contributed by atoms with Crippen LogP contribution < -0.4 is 21.4 Å². The summed E-state index contributed by atoms with van der Waals surface area (Å²) in [7, 11) is 0. The fraction of sp³-hybridized carbons (Fsp3) is 0.444. The highest BCUT2D eigenvalue weighted by Gasteiger charge is 2.54. The van der Waals surface area contributed by atoms with Crippen LogP contribution in [-0.4, -0.2) is 111 Å².